The van der Waals surface area contributed by atoms with Gasteiger partial charge in [-0.3, -0.25) is 0 Å². The number of aliphatic hydroxyl groups excluding tert-OH is 1. The van der Waals surface area contributed by atoms with E-state index in [4.69, 9.17) is 18.9 Å². The number of carbonyl (C=O) groups is 3. The minimum Gasteiger partial charge on any atom is -0.480 e. The first-order valence-electron chi connectivity index (χ1n) is 8.55. The van der Waals surface area contributed by atoms with Crippen molar-refractivity contribution < 1.29 is 38.4 Å². The van der Waals surface area contributed by atoms with Crippen molar-refractivity contribution in [3.8, 4) is 0 Å². The van der Waals surface area contributed by atoms with E-state index in [1.807, 2.05) is 0 Å². The maximum atomic E-state index is 11.8. The van der Waals surface area contributed by atoms with Crippen LogP contribution >= 0.6 is 0 Å². The second-order valence-corrected chi connectivity index (χ2v) is 4.64. The number of aliphatic hydroxyl groups is 1. The standard InChI is InChI=1S/C19H26O8/c1-5-24-16(20)14(17(21)25-6-2)12-10-9-11-13-15(18(22)26-7-3)19(23)27-8-4/h9-13,20H,5-8H2,1-4H3/b11-9+,12-10+,16-14+. The molecule has 0 heterocycles. The fourth-order valence-corrected chi connectivity index (χ4v) is 1.65. The van der Waals surface area contributed by atoms with Crippen LogP contribution in [0.2, 0.25) is 0 Å². The summed E-state index contributed by atoms with van der Waals surface area (Å²) in [6.07, 6.45) is 6.75. The van der Waals surface area contributed by atoms with Gasteiger partial charge in [0.05, 0.1) is 26.4 Å². The van der Waals surface area contributed by atoms with Gasteiger partial charge in [-0.25, -0.2) is 14.4 Å². The Morgan fingerprint density at radius 3 is 1.67 bits per heavy atom. The van der Waals surface area contributed by atoms with Gasteiger partial charge < -0.3 is 24.1 Å². The molecule has 0 amide bonds. The van der Waals surface area contributed by atoms with E-state index in [9.17, 15) is 19.5 Å². The molecule has 0 aliphatic carbocycles. The summed E-state index contributed by atoms with van der Waals surface area (Å²) < 4.78 is 19.4. The Hall–Kier alpha value is -3.03. The van der Waals surface area contributed by atoms with Crippen LogP contribution in [0.4, 0.5) is 0 Å². The average Bonchev–Trinajstić information content (AvgIpc) is 2.61. The molecule has 1 N–H and O–H groups in total. The molecule has 150 valence electrons. The Morgan fingerprint density at radius 2 is 1.19 bits per heavy atom. The maximum Gasteiger partial charge on any atom is 0.345 e. The number of ether oxygens (including phenoxy) is 4. The first-order chi connectivity index (χ1) is 12.9. The molecule has 0 rings (SSSR count). The maximum absolute atomic E-state index is 11.8. The van der Waals surface area contributed by atoms with Crippen LogP contribution in [0.15, 0.2) is 47.5 Å². The first-order valence-corrected chi connectivity index (χ1v) is 8.55. The molecular weight excluding hydrogens is 356 g/mol. The van der Waals surface area contributed by atoms with Crippen molar-refractivity contribution in [2.45, 2.75) is 27.7 Å². The SMILES string of the molecule is CCOC(=O)C(=C/C=C/C=C/C(C(=O)OCC)=C(/O)OCC)C(=O)OCC. The number of rotatable bonds is 11. The van der Waals surface area contributed by atoms with Crippen molar-refractivity contribution in [2.75, 3.05) is 26.4 Å². The van der Waals surface area contributed by atoms with Crippen LogP contribution in [0.5, 0.6) is 0 Å². The molecular formula is C19H26O8. The molecule has 0 radical (unpaired) electrons. The van der Waals surface area contributed by atoms with Gasteiger partial charge in [0.1, 0.15) is 11.1 Å². The topological polar surface area (TPSA) is 108 Å². The highest BCUT2D eigenvalue weighted by molar-refractivity contribution is 6.14. The number of hydrogen-bond donors (Lipinski definition) is 1. The van der Waals surface area contributed by atoms with Crippen LogP contribution in [0, 0.1) is 0 Å². The molecule has 0 saturated carbocycles. The highest BCUT2D eigenvalue weighted by atomic mass is 16.6. The number of allylic oxidation sites excluding steroid dienone is 4. The number of hydrogen-bond acceptors (Lipinski definition) is 8. The summed E-state index contributed by atoms with van der Waals surface area (Å²) in [6.45, 7) is 7.06. The third-order valence-electron chi connectivity index (χ3n) is 2.75. The van der Waals surface area contributed by atoms with Gasteiger partial charge in [-0.1, -0.05) is 18.2 Å². The summed E-state index contributed by atoms with van der Waals surface area (Å²) in [7, 11) is 0. The Balaban J connectivity index is 5.38. The molecule has 0 spiro atoms. The van der Waals surface area contributed by atoms with E-state index in [-0.39, 0.29) is 37.6 Å². The lowest BCUT2D eigenvalue weighted by Gasteiger charge is -2.06. The normalized spacial score (nSPS) is 11.7. The summed E-state index contributed by atoms with van der Waals surface area (Å²) in [5.41, 5.74) is -0.426. The van der Waals surface area contributed by atoms with Crippen molar-refractivity contribution in [1.82, 2.24) is 0 Å². The lowest BCUT2D eigenvalue weighted by molar-refractivity contribution is -0.146. The van der Waals surface area contributed by atoms with E-state index >= 15 is 0 Å². The van der Waals surface area contributed by atoms with Crippen LogP contribution in [0.1, 0.15) is 27.7 Å². The van der Waals surface area contributed by atoms with E-state index in [0.717, 1.165) is 0 Å². The molecule has 0 aromatic heterocycles. The fourth-order valence-electron chi connectivity index (χ4n) is 1.65. The van der Waals surface area contributed by atoms with Crippen molar-refractivity contribution >= 4 is 17.9 Å². The first kappa shape index (κ1) is 24.0. The minimum atomic E-state index is -0.800. The van der Waals surface area contributed by atoms with Crippen LogP contribution in [0.3, 0.4) is 0 Å². The van der Waals surface area contributed by atoms with Crippen molar-refractivity contribution in [3.63, 3.8) is 0 Å². The van der Waals surface area contributed by atoms with Gasteiger partial charge in [0, 0.05) is 0 Å². The molecule has 0 atom stereocenters. The third-order valence-corrected chi connectivity index (χ3v) is 2.75. The van der Waals surface area contributed by atoms with Crippen molar-refractivity contribution in [2.24, 2.45) is 0 Å². The summed E-state index contributed by atoms with van der Waals surface area (Å²) in [6, 6.07) is 0. The largest absolute Gasteiger partial charge is 0.480 e. The van der Waals surface area contributed by atoms with Gasteiger partial charge in [-0.05, 0) is 39.8 Å². The average molecular weight is 382 g/mol. The van der Waals surface area contributed by atoms with Crippen molar-refractivity contribution in [1.29, 1.82) is 0 Å². The van der Waals surface area contributed by atoms with E-state index in [1.165, 1.54) is 30.4 Å². The molecule has 0 unspecified atom stereocenters. The Morgan fingerprint density at radius 1 is 0.704 bits per heavy atom. The minimum absolute atomic E-state index is 0.115. The molecule has 0 saturated heterocycles. The van der Waals surface area contributed by atoms with Crippen molar-refractivity contribution in [3.05, 3.63) is 47.5 Å². The molecule has 0 fully saturated rings. The summed E-state index contributed by atoms with van der Waals surface area (Å²) >= 11 is 0. The summed E-state index contributed by atoms with van der Waals surface area (Å²) in [4.78, 5) is 35.4. The lowest BCUT2D eigenvalue weighted by atomic mass is 10.2. The highest BCUT2D eigenvalue weighted by Crippen LogP contribution is 2.09. The van der Waals surface area contributed by atoms with Gasteiger partial charge in [0.25, 0.3) is 5.95 Å². The smallest absolute Gasteiger partial charge is 0.345 e. The second-order valence-electron chi connectivity index (χ2n) is 4.64. The van der Waals surface area contributed by atoms with Crippen LogP contribution in [-0.2, 0) is 33.3 Å². The van der Waals surface area contributed by atoms with Gasteiger partial charge in [-0.15, -0.1) is 0 Å². The predicted molar refractivity (Wildman–Crippen MR) is 97.5 cm³/mol. The van der Waals surface area contributed by atoms with E-state index < -0.39 is 23.9 Å². The van der Waals surface area contributed by atoms with E-state index in [1.54, 1.807) is 27.7 Å². The van der Waals surface area contributed by atoms with Gasteiger partial charge in [0.2, 0.25) is 0 Å². The van der Waals surface area contributed by atoms with E-state index in [0.29, 0.717) is 0 Å². The van der Waals surface area contributed by atoms with E-state index in [2.05, 4.69) is 0 Å². The quantitative estimate of drug-likeness (QED) is 0.110. The Kier molecular flexibility index (Phi) is 12.6. The highest BCUT2D eigenvalue weighted by Gasteiger charge is 2.19. The molecule has 8 nitrogen and oxygen atoms in total. The number of carbonyl (C=O) groups excluding carboxylic acids is 3. The van der Waals surface area contributed by atoms with Crippen LogP contribution in [0.25, 0.3) is 0 Å². The molecule has 0 bridgehead atoms. The van der Waals surface area contributed by atoms with Crippen LogP contribution < -0.4 is 0 Å². The monoisotopic (exact) mass is 382 g/mol. The van der Waals surface area contributed by atoms with Gasteiger partial charge in [0.15, 0.2) is 0 Å². The zero-order valence-electron chi connectivity index (χ0n) is 16.0. The van der Waals surface area contributed by atoms with Gasteiger partial charge in [-0.2, -0.15) is 0 Å². The number of esters is 3. The zero-order chi connectivity index (χ0) is 20.7. The second kappa shape index (κ2) is 14.2. The third kappa shape index (κ3) is 9.29. The fraction of sp³-hybridized carbons (Fsp3) is 0.421. The molecule has 0 aliphatic heterocycles. The lowest BCUT2D eigenvalue weighted by Crippen LogP contribution is -2.18. The molecule has 27 heavy (non-hydrogen) atoms. The molecule has 0 aromatic rings. The predicted octanol–water partition coefficient (Wildman–Crippen LogP) is 2.52. The van der Waals surface area contributed by atoms with Gasteiger partial charge >= 0.3 is 17.9 Å². The Labute approximate surface area is 158 Å². The summed E-state index contributed by atoms with van der Waals surface area (Å²) in [5, 5.41) is 9.76. The molecule has 0 aliphatic rings. The Bertz CT molecular complexity index is 606. The van der Waals surface area contributed by atoms with Crippen LogP contribution in [-0.4, -0.2) is 49.4 Å². The zero-order valence-corrected chi connectivity index (χ0v) is 16.0. The molecule has 8 heteroatoms. The molecule has 0 aromatic carbocycles. The summed E-state index contributed by atoms with van der Waals surface area (Å²) in [5.74, 6) is -2.91.